The number of carbonyl (C=O) groups excluding carboxylic acids is 3. The van der Waals surface area contributed by atoms with Crippen LogP contribution in [0.4, 0.5) is 5.69 Å². The zero-order valence-corrected chi connectivity index (χ0v) is 60.0. The number of ether oxygens (including phenoxy) is 12. The van der Waals surface area contributed by atoms with Gasteiger partial charge in [0.1, 0.15) is 53.2 Å². The minimum atomic E-state index is -1.82. The van der Waals surface area contributed by atoms with Crippen molar-refractivity contribution in [3.05, 3.63) is 77.1 Å². The molecule has 15 rings (SSSR count). The summed E-state index contributed by atoms with van der Waals surface area (Å²) in [5.74, 6) is -0.0868. The van der Waals surface area contributed by atoms with Gasteiger partial charge < -0.3 is 82.4 Å². The summed E-state index contributed by atoms with van der Waals surface area (Å²) in [7, 11) is 5.22. The second-order valence-electron chi connectivity index (χ2n) is 32.3. The average molecular weight is 1350 g/mol. The summed E-state index contributed by atoms with van der Waals surface area (Å²) in [6, 6.07) is 4.01. The van der Waals surface area contributed by atoms with Crippen molar-refractivity contribution in [1.29, 1.82) is 0 Å². The van der Waals surface area contributed by atoms with Crippen molar-refractivity contribution in [2.45, 2.75) is 280 Å². The number of rotatable bonds is 8. The van der Waals surface area contributed by atoms with Gasteiger partial charge in [-0.1, -0.05) is 91.3 Å². The van der Waals surface area contributed by atoms with E-state index >= 15 is 0 Å². The Morgan fingerprint density at radius 2 is 1.61 bits per heavy atom. The molecule has 25 atom stereocenters. The number of allylic oxidation sites excluding steroid dienone is 2. The van der Waals surface area contributed by atoms with E-state index in [2.05, 4.69) is 82.6 Å². The first kappa shape index (κ1) is 70.8. The Balaban J connectivity index is 0.000000203. The molecule has 9 saturated heterocycles. The fourth-order valence-corrected chi connectivity index (χ4v) is 20.0. The molecule has 2 amide bonds. The largest absolute Gasteiger partial charge is 0.480 e. The zero-order chi connectivity index (χ0) is 69.4. The minimum Gasteiger partial charge on any atom is -0.480 e. The van der Waals surface area contributed by atoms with Gasteiger partial charge in [-0.3, -0.25) is 19.3 Å². The quantitative estimate of drug-likeness (QED) is 0.140. The van der Waals surface area contributed by atoms with E-state index in [1.807, 2.05) is 52.1 Å². The number of aliphatic hydroxyl groups is 3. The highest BCUT2D eigenvalue weighted by Crippen LogP contribution is 2.73. The van der Waals surface area contributed by atoms with Crippen LogP contribution >= 0.6 is 0 Å². The summed E-state index contributed by atoms with van der Waals surface area (Å²) >= 11 is 0. The maximum atomic E-state index is 14.4. The predicted octanol–water partition coefficient (Wildman–Crippen LogP) is 9.28. The Kier molecular flexibility index (Phi) is 19.0. The van der Waals surface area contributed by atoms with Crippen molar-refractivity contribution in [3.63, 3.8) is 0 Å². The van der Waals surface area contributed by atoms with E-state index < -0.39 is 107 Å². The number of anilines is 1. The molecule has 21 heteroatoms. The fourth-order valence-electron chi connectivity index (χ4n) is 20.0. The third kappa shape index (κ3) is 11.6. The number of likely N-dealkylation sites (N-methyl/N-ethyl adjacent to an activating group) is 1. The molecule has 0 unspecified atom stereocenters. The minimum absolute atomic E-state index is 0.00708. The molecule has 2 aliphatic carbocycles. The van der Waals surface area contributed by atoms with Gasteiger partial charge in [0, 0.05) is 65.8 Å². The van der Waals surface area contributed by atoms with Gasteiger partial charge in [0.15, 0.2) is 29.9 Å². The standard InChI is InChI=1S/C48H74O14.C28H35N3O4/c1-11-25(2)43-28(5)17-18-47(62-43)23-34-20-33(61-47)16-15-27(4)42(26(3)13-12-14-32-24-55-45-40(49)29(6)19-35(46(51)58-34)48(32,45)52)59-39-22-37(54-10)44(31(8)57-39)60-38-21-36(53-9)41(50)30(7)56-38;1-16-9-11-31-15-26-14-27(25(4,5)19(26)13-28(16,31)23(33)30(26)6)17-7-8-18-21(20(17)29-22(27)32)34-12-10-24(2,3)35-18/h12-15,19,25-26,28,30-31,33-45,49-50,52H,11,16-18,20-24H2,1-10H3;7-8,10,12,16,19H,9,11,13-15H2,1-6H3,(H,29,32)/b13-12+,27-15+,32-14+;/t25-,26-,28-,30-,31-,33+,34-,35-,36-,37-,38-,39-,40+,41-,42-,43+,44-,45+,47+,48+;16-,19-,26+,27+,28+/m00/s1. The fraction of sp³-hybridized carbons (Fsp3) is 0.750. The molecule has 4 bridgehead atoms. The smallest absolute Gasteiger partial charge is 0.316 e. The van der Waals surface area contributed by atoms with Crippen molar-refractivity contribution in [3.8, 4) is 11.5 Å². The molecule has 14 aliphatic rings. The van der Waals surface area contributed by atoms with Gasteiger partial charge in [-0.25, -0.2) is 0 Å². The van der Waals surface area contributed by atoms with Crippen molar-refractivity contribution >= 4 is 23.5 Å². The normalized spacial score (nSPS) is 46.6. The highest BCUT2D eigenvalue weighted by Gasteiger charge is 2.80. The van der Waals surface area contributed by atoms with Gasteiger partial charge in [-0.2, -0.15) is 0 Å². The number of aliphatic hydroxyl groups excluding tert-OH is 2. The summed E-state index contributed by atoms with van der Waals surface area (Å²) in [6.45, 7) is 28.8. The lowest BCUT2D eigenvalue weighted by molar-refractivity contribution is -0.340. The van der Waals surface area contributed by atoms with Crippen LogP contribution in [-0.4, -0.2) is 198 Å². The number of piperidine rings is 2. The number of nitrogens with zero attached hydrogens (tertiary/aromatic N) is 2. The van der Waals surface area contributed by atoms with Crippen LogP contribution < -0.4 is 14.8 Å². The lowest BCUT2D eigenvalue weighted by Gasteiger charge is -2.65. The molecule has 1 saturated carbocycles. The number of piperazine rings is 1. The summed E-state index contributed by atoms with van der Waals surface area (Å²) in [6.07, 6.45) is 12.6. The van der Waals surface area contributed by atoms with Gasteiger partial charge in [0.05, 0.1) is 72.2 Å². The molecule has 12 heterocycles. The molecule has 12 aliphatic heterocycles. The second kappa shape index (κ2) is 26.0. The molecule has 0 aromatic heterocycles. The van der Waals surface area contributed by atoms with E-state index in [0.29, 0.717) is 91.0 Å². The van der Waals surface area contributed by atoms with Crippen molar-refractivity contribution in [2.75, 3.05) is 46.3 Å². The molecule has 4 spiro atoms. The number of hydrogen-bond acceptors (Lipinski definition) is 19. The molecular weight excluding hydrogens is 1240 g/mol. The van der Waals surface area contributed by atoms with Crippen LogP contribution in [-0.2, 0) is 67.2 Å². The molecule has 97 heavy (non-hydrogen) atoms. The van der Waals surface area contributed by atoms with Gasteiger partial charge in [-0.15, -0.1) is 0 Å². The number of esters is 1. The van der Waals surface area contributed by atoms with Crippen LogP contribution in [0.25, 0.3) is 0 Å². The van der Waals surface area contributed by atoms with Crippen molar-refractivity contribution in [1.82, 2.24) is 9.80 Å². The lowest BCUT2D eigenvalue weighted by atomic mass is 9.56. The summed E-state index contributed by atoms with van der Waals surface area (Å²) < 4.78 is 76.2. The molecule has 10 fully saturated rings. The maximum absolute atomic E-state index is 14.4. The summed E-state index contributed by atoms with van der Waals surface area (Å²) in [5.41, 5.74) is -0.526. The molecule has 4 N–H and O–H groups in total. The molecule has 1 aromatic rings. The third-order valence-electron chi connectivity index (χ3n) is 25.9. The van der Waals surface area contributed by atoms with E-state index in [1.54, 1.807) is 46.5 Å². The number of hydrogen-bond donors (Lipinski definition) is 4. The number of carbonyl (C=O) groups is 3. The first-order chi connectivity index (χ1) is 45.9. The Labute approximate surface area is 573 Å². The van der Waals surface area contributed by atoms with E-state index in [1.165, 1.54) is 0 Å². The number of fused-ring (bicyclic) bond motifs is 7. The van der Waals surface area contributed by atoms with Crippen molar-refractivity contribution < 1.29 is 86.5 Å². The van der Waals surface area contributed by atoms with Crippen LogP contribution in [0.5, 0.6) is 11.5 Å². The highest BCUT2D eigenvalue weighted by molar-refractivity contribution is 6.10. The monoisotopic (exact) mass is 1350 g/mol. The van der Waals surface area contributed by atoms with Crippen molar-refractivity contribution in [2.24, 2.45) is 40.9 Å². The Hall–Kier alpha value is -4.59. The number of nitrogens with one attached hydrogen (secondary N) is 1. The van der Waals surface area contributed by atoms with E-state index in [0.717, 1.165) is 49.9 Å². The van der Waals surface area contributed by atoms with E-state index in [-0.39, 0.29) is 59.5 Å². The Bertz CT molecular complexity index is 3340. The zero-order valence-electron chi connectivity index (χ0n) is 60.0. The first-order valence-electron chi connectivity index (χ1n) is 36.1. The number of methoxy groups -OCH3 is 2. The Morgan fingerprint density at radius 3 is 2.35 bits per heavy atom. The molecule has 1 aromatic carbocycles. The molecule has 21 nitrogen and oxygen atoms in total. The average Bonchev–Trinajstić information content (AvgIpc) is 1.48. The van der Waals surface area contributed by atoms with Gasteiger partial charge in [-0.05, 0) is 144 Å². The number of amides is 2. The molecule has 536 valence electrons. The van der Waals surface area contributed by atoms with E-state index in [9.17, 15) is 29.7 Å². The molecule has 0 radical (unpaired) electrons. The van der Waals surface area contributed by atoms with Crippen LogP contribution in [0.1, 0.15) is 166 Å². The van der Waals surface area contributed by atoms with E-state index in [4.69, 9.17) is 56.8 Å². The van der Waals surface area contributed by atoms with Crippen LogP contribution in [0.3, 0.4) is 0 Å². The predicted molar refractivity (Wildman–Crippen MR) is 359 cm³/mol. The second-order valence-corrected chi connectivity index (χ2v) is 32.3. The summed E-state index contributed by atoms with van der Waals surface area (Å²) in [5, 5.41) is 37.5. The maximum Gasteiger partial charge on any atom is 0.316 e. The Morgan fingerprint density at radius 1 is 0.876 bits per heavy atom. The third-order valence-corrected chi connectivity index (χ3v) is 25.9. The summed E-state index contributed by atoms with van der Waals surface area (Å²) in [4.78, 5) is 46.9. The topological polar surface area (TPSA) is 241 Å². The van der Waals surface area contributed by atoms with Crippen LogP contribution in [0.2, 0.25) is 0 Å². The van der Waals surface area contributed by atoms with Crippen LogP contribution in [0, 0.1) is 40.9 Å². The first-order valence-corrected chi connectivity index (χ1v) is 36.1. The van der Waals surface area contributed by atoms with Crippen LogP contribution in [0.15, 0.2) is 71.6 Å². The van der Waals surface area contributed by atoms with Gasteiger partial charge in [0.25, 0.3) is 0 Å². The highest BCUT2D eigenvalue weighted by atomic mass is 16.7. The lowest BCUT2D eigenvalue weighted by Crippen LogP contribution is -2.79. The number of benzene rings is 1. The SMILES string of the molecule is CC[C@H](C)[C@H]1O[C@]2(CC[C@@H]1C)C[C@@H]1C[C@@H](C/C=C(\C)[C@@H](O[C@H]3C[C@H](OC)[C@@H](O[C@H]4C[C@H](OC)[C@@H](O)[C@H](C)O4)[C@H](C)O3)[C@@H](C)/C=C/C=C3\CO[C@@H]4[C@H](O)C(C)=C[C@@H](C(=O)O1)[C@]34O)O2.C[C@H]1CCN2C[C@]34C[C@@]5(C(=O)Nc6c5ccc5c6OC=CC(C)(C)O5)C(C)(C)[C@@H]3C[C@]12C(=O)N4C. The van der Waals surface area contributed by atoms with Gasteiger partial charge >= 0.3 is 5.97 Å². The van der Waals surface area contributed by atoms with Gasteiger partial charge in [0.2, 0.25) is 11.8 Å². The molecular formula is C76H109N3O18.